The van der Waals surface area contributed by atoms with Crippen molar-refractivity contribution in [3.05, 3.63) is 58.6 Å². The van der Waals surface area contributed by atoms with Crippen LogP contribution in [0.4, 0.5) is 10.8 Å². The van der Waals surface area contributed by atoms with E-state index in [1.807, 2.05) is 31.2 Å². The molecule has 8 nitrogen and oxygen atoms in total. The summed E-state index contributed by atoms with van der Waals surface area (Å²) >= 11 is 7.09. The molecule has 166 valence electrons. The summed E-state index contributed by atoms with van der Waals surface area (Å²) in [5, 5.41) is 12.4. The van der Waals surface area contributed by atoms with Gasteiger partial charge in [0.1, 0.15) is 18.1 Å². The second-order valence-corrected chi connectivity index (χ2v) is 8.56. The van der Waals surface area contributed by atoms with Gasteiger partial charge in [0.15, 0.2) is 5.01 Å². The van der Waals surface area contributed by atoms with Crippen molar-refractivity contribution >= 4 is 45.6 Å². The Morgan fingerprint density at radius 3 is 2.53 bits per heavy atom. The Kier molecular flexibility index (Phi) is 6.87. The lowest BCUT2D eigenvalue weighted by Crippen LogP contribution is -2.28. The number of rotatable bonds is 8. The molecule has 1 aliphatic heterocycles. The SMILES string of the molecule is CCOc1ccc(N2CC(C(=O)Nc3nnc(COc4ccc(Cl)cc4)s3)CC2=O)cc1. The lowest BCUT2D eigenvalue weighted by Gasteiger charge is -2.17. The Morgan fingerprint density at radius 1 is 1.12 bits per heavy atom. The summed E-state index contributed by atoms with van der Waals surface area (Å²) in [5.41, 5.74) is 0.742. The Morgan fingerprint density at radius 2 is 1.81 bits per heavy atom. The molecule has 1 saturated heterocycles. The molecule has 32 heavy (non-hydrogen) atoms. The molecule has 1 N–H and O–H groups in total. The summed E-state index contributed by atoms with van der Waals surface area (Å²) in [7, 11) is 0. The van der Waals surface area contributed by atoms with Crippen LogP contribution in [-0.2, 0) is 16.2 Å². The zero-order valence-corrected chi connectivity index (χ0v) is 18.9. The van der Waals surface area contributed by atoms with E-state index in [-0.39, 0.29) is 24.8 Å². The number of carbonyl (C=O) groups excluding carboxylic acids is 2. The number of nitrogens with one attached hydrogen (secondary N) is 1. The Balaban J connectivity index is 1.31. The molecule has 2 amide bonds. The molecule has 1 unspecified atom stereocenters. The smallest absolute Gasteiger partial charge is 0.231 e. The van der Waals surface area contributed by atoms with E-state index in [4.69, 9.17) is 21.1 Å². The number of amides is 2. The predicted octanol–water partition coefficient (Wildman–Crippen LogP) is 4.16. The average Bonchev–Trinajstić information content (AvgIpc) is 3.40. The minimum absolute atomic E-state index is 0.0939. The molecule has 2 aromatic carbocycles. The largest absolute Gasteiger partial charge is 0.494 e. The van der Waals surface area contributed by atoms with Gasteiger partial charge in [-0.2, -0.15) is 0 Å². The van der Waals surface area contributed by atoms with Crippen molar-refractivity contribution in [3.63, 3.8) is 0 Å². The molecule has 1 aromatic heterocycles. The van der Waals surface area contributed by atoms with Gasteiger partial charge in [0.25, 0.3) is 0 Å². The van der Waals surface area contributed by atoms with Gasteiger partial charge in [-0.1, -0.05) is 22.9 Å². The highest BCUT2D eigenvalue weighted by Crippen LogP contribution is 2.28. The van der Waals surface area contributed by atoms with E-state index in [0.29, 0.717) is 34.1 Å². The summed E-state index contributed by atoms with van der Waals surface area (Å²) in [6, 6.07) is 14.3. The van der Waals surface area contributed by atoms with Gasteiger partial charge in [0.2, 0.25) is 16.9 Å². The highest BCUT2D eigenvalue weighted by Gasteiger charge is 2.35. The van der Waals surface area contributed by atoms with E-state index in [9.17, 15) is 9.59 Å². The van der Waals surface area contributed by atoms with Crippen molar-refractivity contribution in [2.24, 2.45) is 5.92 Å². The quantitative estimate of drug-likeness (QED) is 0.529. The number of nitrogens with zero attached hydrogens (tertiary/aromatic N) is 3. The molecule has 0 bridgehead atoms. The molecule has 3 aromatic rings. The van der Waals surface area contributed by atoms with Crippen molar-refractivity contribution in [3.8, 4) is 11.5 Å². The lowest BCUT2D eigenvalue weighted by molar-refractivity contribution is -0.122. The Labute approximate surface area is 194 Å². The van der Waals surface area contributed by atoms with Crippen molar-refractivity contribution in [2.75, 3.05) is 23.4 Å². The average molecular weight is 473 g/mol. The van der Waals surface area contributed by atoms with E-state index < -0.39 is 5.92 Å². The second kappa shape index (κ2) is 9.97. The topological polar surface area (TPSA) is 93.7 Å². The molecule has 1 fully saturated rings. The van der Waals surface area contributed by atoms with Crippen LogP contribution in [0.2, 0.25) is 5.02 Å². The summed E-state index contributed by atoms with van der Waals surface area (Å²) in [6.07, 6.45) is 0.143. The molecule has 10 heteroatoms. The third kappa shape index (κ3) is 5.35. The van der Waals surface area contributed by atoms with Gasteiger partial charge in [0.05, 0.1) is 12.5 Å². The van der Waals surface area contributed by atoms with E-state index in [0.717, 1.165) is 11.4 Å². The van der Waals surface area contributed by atoms with Crippen LogP contribution in [0.5, 0.6) is 11.5 Å². The normalized spacial score (nSPS) is 15.6. The van der Waals surface area contributed by atoms with E-state index >= 15 is 0 Å². The molecule has 0 spiro atoms. The Hall–Kier alpha value is -3.17. The lowest BCUT2D eigenvalue weighted by atomic mass is 10.1. The highest BCUT2D eigenvalue weighted by atomic mass is 35.5. The number of benzene rings is 2. The fourth-order valence-corrected chi connectivity index (χ4v) is 4.05. The molecule has 0 radical (unpaired) electrons. The van der Waals surface area contributed by atoms with Crippen molar-refractivity contribution in [2.45, 2.75) is 20.0 Å². The number of hydrogen-bond donors (Lipinski definition) is 1. The van der Waals surface area contributed by atoms with Crippen molar-refractivity contribution in [1.29, 1.82) is 0 Å². The van der Waals surface area contributed by atoms with Gasteiger partial charge in [0, 0.05) is 23.7 Å². The van der Waals surface area contributed by atoms with Crippen LogP contribution in [0, 0.1) is 5.92 Å². The zero-order chi connectivity index (χ0) is 22.5. The third-order valence-electron chi connectivity index (χ3n) is 4.83. The van der Waals surface area contributed by atoms with Crippen molar-refractivity contribution < 1.29 is 19.1 Å². The number of aromatic nitrogens is 2. The van der Waals surface area contributed by atoms with Crippen molar-refractivity contribution in [1.82, 2.24) is 10.2 Å². The van der Waals surface area contributed by atoms with Gasteiger partial charge < -0.3 is 19.7 Å². The first-order valence-electron chi connectivity index (χ1n) is 10.1. The van der Waals surface area contributed by atoms with Crippen LogP contribution in [-0.4, -0.2) is 35.2 Å². The number of hydrogen-bond acceptors (Lipinski definition) is 7. The van der Waals surface area contributed by atoms with Gasteiger partial charge in [-0.05, 0) is 55.5 Å². The minimum Gasteiger partial charge on any atom is -0.494 e. The van der Waals surface area contributed by atoms with Crippen LogP contribution < -0.4 is 19.7 Å². The standard InChI is InChI=1S/C22H21ClN4O4S/c1-2-30-17-9-5-16(6-10-17)27-12-14(11-20(27)28)21(29)24-22-26-25-19(32-22)13-31-18-7-3-15(23)4-8-18/h3-10,14H,2,11-13H2,1H3,(H,24,26,29). The molecule has 4 rings (SSSR count). The first-order valence-corrected chi connectivity index (χ1v) is 11.3. The fraction of sp³-hybridized carbons (Fsp3) is 0.273. The van der Waals surface area contributed by atoms with Crippen LogP contribution in [0.1, 0.15) is 18.4 Å². The Bertz CT molecular complexity index is 1090. The summed E-state index contributed by atoms with van der Waals surface area (Å²) in [6.45, 7) is 3.02. The van der Waals surface area contributed by atoms with Crippen LogP contribution >= 0.6 is 22.9 Å². The summed E-state index contributed by atoms with van der Waals surface area (Å²) in [4.78, 5) is 26.8. The zero-order valence-electron chi connectivity index (χ0n) is 17.3. The first kappa shape index (κ1) is 22.0. The van der Waals surface area contributed by atoms with E-state index in [1.165, 1.54) is 11.3 Å². The molecular formula is C22H21ClN4O4S. The number of anilines is 2. The summed E-state index contributed by atoms with van der Waals surface area (Å²) in [5.74, 6) is 0.585. The highest BCUT2D eigenvalue weighted by molar-refractivity contribution is 7.15. The number of ether oxygens (including phenoxy) is 2. The predicted molar refractivity (Wildman–Crippen MR) is 122 cm³/mol. The first-order chi connectivity index (χ1) is 15.5. The molecule has 2 heterocycles. The maximum atomic E-state index is 12.7. The van der Waals surface area contributed by atoms with Gasteiger partial charge in [-0.15, -0.1) is 10.2 Å². The number of carbonyl (C=O) groups is 2. The third-order valence-corrected chi connectivity index (χ3v) is 5.89. The fourth-order valence-electron chi connectivity index (χ4n) is 3.27. The molecule has 0 saturated carbocycles. The molecular weight excluding hydrogens is 452 g/mol. The minimum atomic E-state index is -0.466. The molecule has 1 atom stereocenters. The van der Waals surface area contributed by atoms with Gasteiger partial charge >= 0.3 is 0 Å². The maximum absolute atomic E-state index is 12.7. The number of halogens is 1. The summed E-state index contributed by atoms with van der Waals surface area (Å²) < 4.78 is 11.1. The van der Waals surface area contributed by atoms with Crippen LogP contribution in [0.3, 0.4) is 0 Å². The second-order valence-electron chi connectivity index (χ2n) is 7.07. The van der Waals surface area contributed by atoms with Gasteiger partial charge in [-0.25, -0.2) is 0 Å². The van der Waals surface area contributed by atoms with Crippen LogP contribution in [0.25, 0.3) is 0 Å². The maximum Gasteiger partial charge on any atom is 0.231 e. The molecule has 1 aliphatic rings. The van der Waals surface area contributed by atoms with Crippen LogP contribution in [0.15, 0.2) is 48.5 Å². The molecule has 0 aliphatic carbocycles. The van der Waals surface area contributed by atoms with E-state index in [1.54, 1.807) is 29.2 Å². The van der Waals surface area contributed by atoms with E-state index in [2.05, 4.69) is 15.5 Å². The van der Waals surface area contributed by atoms with Gasteiger partial charge in [-0.3, -0.25) is 9.59 Å². The monoisotopic (exact) mass is 472 g/mol.